The molecule has 0 spiro atoms. The molecular formula is C26H24ClFN2O5. The molecule has 5 rings (SSSR count). The first-order valence-electron chi connectivity index (χ1n) is 11.4. The molecule has 3 heterocycles. The molecule has 1 aliphatic heterocycles. The Kier molecular flexibility index (Phi) is 6.01. The molecular weight excluding hydrogens is 475 g/mol. The van der Waals surface area contributed by atoms with Crippen LogP contribution in [0, 0.1) is 11.7 Å². The highest BCUT2D eigenvalue weighted by Crippen LogP contribution is 2.41. The number of nitrogens with zero attached hydrogens (tertiary/aromatic N) is 2. The van der Waals surface area contributed by atoms with Crippen molar-refractivity contribution in [2.45, 2.75) is 38.8 Å². The number of furan rings is 1. The van der Waals surface area contributed by atoms with Gasteiger partial charge in [-0.1, -0.05) is 31.5 Å². The van der Waals surface area contributed by atoms with E-state index in [2.05, 4.69) is 4.98 Å². The molecule has 1 fully saturated rings. The van der Waals surface area contributed by atoms with Crippen molar-refractivity contribution < 1.29 is 27.9 Å². The summed E-state index contributed by atoms with van der Waals surface area (Å²) in [6, 6.07) is 8.80. The first-order valence-corrected chi connectivity index (χ1v) is 11.8. The number of methoxy groups -OCH3 is 1. The fourth-order valence-electron chi connectivity index (χ4n) is 4.64. The Bertz CT molecular complexity index is 1470. The molecule has 1 aliphatic rings. The number of hydrogen-bond donors (Lipinski definition) is 0. The minimum absolute atomic E-state index is 0.135. The molecule has 2 aromatic carbocycles. The molecule has 9 heteroatoms. The van der Waals surface area contributed by atoms with Gasteiger partial charge < -0.3 is 18.8 Å². The number of carbonyl (C=O) groups excluding carboxylic acids is 2. The van der Waals surface area contributed by atoms with E-state index in [0.717, 1.165) is 0 Å². The number of benzene rings is 2. The van der Waals surface area contributed by atoms with Gasteiger partial charge in [0.05, 0.1) is 24.2 Å². The number of ether oxygens (including phenoxy) is 2. The zero-order valence-corrected chi connectivity index (χ0v) is 20.3. The largest absolute Gasteiger partial charge is 0.484 e. The lowest BCUT2D eigenvalue weighted by molar-refractivity contribution is -0.151. The topological polar surface area (TPSA) is 81.9 Å². The summed E-state index contributed by atoms with van der Waals surface area (Å²) in [4.78, 5) is 31.5. The predicted molar refractivity (Wildman–Crippen MR) is 130 cm³/mol. The van der Waals surface area contributed by atoms with E-state index in [9.17, 15) is 14.0 Å². The summed E-state index contributed by atoms with van der Waals surface area (Å²) in [5.41, 5.74) is 1.70. The van der Waals surface area contributed by atoms with Gasteiger partial charge in [0.1, 0.15) is 23.5 Å². The Balaban J connectivity index is 1.61. The third-order valence-electron chi connectivity index (χ3n) is 6.21. The van der Waals surface area contributed by atoms with Gasteiger partial charge in [0.15, 0.2) is 16.9 Å². The normalized spacial score (nSPS) is 18.2. The molecule has 1 amide bonds. The molecule has 0 bridgehead atoms. The Morgan fingerprint density at radius 3 is 2.77 bits per heavy atom. The molecule has 7 nitrogen and oxygen atoms in total. The molecule has 35 heavy (non-hydrogen) atoms. The van der Waals surface area contributed by atoms with Crippen molar-refractivity contribution in [1.29, 1.82) is 0 Å². The number of carbonyl (C=O) groups is 2. The number of para-hydroxylation sites is 1. The van der Waals surface area contributed by atoms with Crippen molar-refractivity contribution >= 4 is 56.4 Å². The first kappa shape index (κ1) is 23.4. The van der Waals surface area contributed by atoms with Crippen LogP contribution in [0.4, 0.5) is 4.39 Å². The Hall–Kier alpha value is -3.39. The number of likely N-dealkylation sites (tertiary alicyclic amines) is 1. The van der Waals surface area contributed by atoms with Gasteiger partial charge in [0, 0.05) is 29.7 Å². The average molecular weight is 499 g/mol. The van der Waals surface area contributed by atoms with Crippen LogP contribution >= 0.6 is 11.6 Å². The van der Waals surface area contributed by atoms with Gasteiger partial charge in [-0.3, -0.25) is 4.79 Å². The highest BCUT2D eigenvalue weighted by molar-refractivity contribution is 6.35. The van der Waals surface area contributed by atoms with E-state index in [0.29, 0.717) is 50.2 Å². The highest BCUT2D eigenvalue weighted by Gasteiger charge is 2.42. The lowest BCUT2D eigenvalue weighted by atomic mass is 10.1. The molecule has 0 saturated carbocycles. The number of halogens is 2. The fourth-order valence-corrected chi connectivity index (χ4v) is 4.85. The van der Waals surface area contributed by atoms with Crippen LogP contribution in [0.3, 0.4) is 0 Å². The third-order valence-corrected chi connectivity index (χ3v) is 6.51. The van der Waals surface area contributed by atoms with Crippen molar-refractivity contribution in [2.75, 3.05) is 13.7 Å². The first-order chi connectivity index (χ1) is 16.8. The van der Waals surface area contributed by atoms with E-state index in [1.165, 1.54) is 24.1 Å². The summed E-state index contributed by atoms with van der Waals surface area (Å²) >= 11 is 6.36. The molecule has 0 unspecified atom stereocenters. The van der Waals surface area contributed by atoms with E-state index in [1.54, 1.807) is 18.2 Å². The second-order valence-electron chi connectivity index (χ2n) is 9.16. The number of fused-ring (bicyclic) bond motifs is 4. The van der Waals surface area contributed by atoms with Crippen LogP contribution in [0.2, 0.25) is 5.02 Å². The van der Waals surface area contributed by atoms with Crippen molar-refractivity contribution in [3.05, 3.63) is 47.2 Å². The quantitative estimate of drug-likeness (QED) is 0.338. The number of rotatable bonds is 5. The smallest absolute Gasteiger partial charge is 0.328 e. The molecule has 0 radical (unpaired) electrons. The van der Waals surface area contributed by atoms with Crippen molar-refractivity contribution in [2.24, 2.45) is 5.92 Å². The van der Waals surface area contributed by atoms with Crippen LogP contribution in [0.15, 0.2) is 40.8 Å². The Labute approximate surface area is 205 Å². The molecule has 182 valence electrons. The maximum absolute atomic E-state index is 14.1. The third kappa shape index (κ3) is 4.16. The minimum atomic E-state index is -0.748. The maximum atomic E-state index is 14.1. The van der Waals surface area contributed by atoms with E-state index in [4.69, 9.17) is 25.5 Å². The van der Waals surface area contributed by atoms with Crippen LogP contribution in [0.5, 0.6) is 5.75 Å². The summed E-state index contributed by atoms with van der Waals surface area (Å²) in [6.45, 7) is 4.10. The second-order valence-corrected chi connectivity index (χ2v) is 9.56. The summed E-state index contributed by atoms with van der Waals surface area (Å²) in [5.74, 6) is -0.554. The fraction of sp³-hybridized carbons (Fsp3) is 0.346. The minimum Gasteiger partial charge on any atom is -0.484 e. The van der Waals surface area contributed by atoms with Gasteiger partial charge in [0.25, 0.3) is 0 Å². The van der Waals surface area contributed by atoms with Crippen LogP contribution < -0.4 is 4.74 Å². The number of hydrogen-bond acceptors (Lipinski definition) is 6. The van der Waals surface area contributed by atoms with E-state index in [-0.39, 0.29) is 24.8 Å². The van der Waals surface area contributed by atoms with Gasteiger partial charge >= 0.3 is 5.97 Å². The van der Waals surface area contributed by atoms with Gasteiger partial charge in [-0.25, -0.2) is 14.2 Å². The van der Waals surface area contributed by atoms with Gasteiger partial charge in [-0.15, -0.1) is 0 Å². The van der Waals surface area contributed by atoms with E-state index in [1.807, 2.05) is 19.9 Å². The van der Waals surface area contributed by atoms with Crippen molar-refractivity contribution in [3.63, 3.8) is 0 Å². The molecule has 0 aliphatic carbocycles. The van der Waals surface area contributed by atoms with Gasteiger partial charge in [0.2, 0.25) is 5.91 Å². The SMILES string of the molecule is COC(=O)[C@@H]1C[C@@H](Oc2c3ccc(F)cc3nc3c2oc2c(Cl)cccc23)CN1C(=O)CC(C)C. The summed E-state index contributed by atoms with van der Waals surface area (Å²) in [5, 5.41) is 1.64. The number of pyridine rings is 1. The number of esters is 1. The van der Waals surface area contributed by atoms with Gasteiger partial charge in [-0.05, 0) is 30.2 Å². The summed E-state index contributed by atoms with van der Waals surface area (Å²) in [7, 11) is 1.30. The van der Waals surface area contributed by atoms with Gasteiger partial charge in [-0.2, -0.15) is 0 Å². The molecule has 0 N–H and O–H groups in total. The lowest BCUT2D eigenvalue weighted by Gasteiger charge is -2.23. The predicted octanol–water partition coefficient (Wildman–Crippen LogP) is 5.49. The Morgan fingerprint density at radius 1 is 1.23 bits per heavy atom. The molecule has 4 aromatic rings. The van der Waals surface area contributed by atoms with Crippen LogP contribution in [0.1, 0.15) is 26.7 Å². The summed E-state index contributed by atoms with van der Waals surface area (Å²) < 4.78 is 31.6. The maximum Gasteiger partial charge on any atom is 0.328 e. The monoisotopic (exact) mass is 498 g/mol. The molecule has 1 saturated heterocycles. The van der Waals surface area contributed by atoms with E-state index < -0.39 is 23.9 Å². The van der Waals surface area contributed by atoms with Crippen LogP contribution in [-0.2, 0) is 14.3 Å². The number of amides is 1. The zero-order valence-electron chi connectivity index (χ0n) is 19.5. The van der Waals surface area contributed by atoms with Crippen molar-refractivity contribution in [3.8, 4) is 5.75 Å². The standard InChI is InChI=1S/C26H24ClFN2O5/c1-13(2)9-21(31)30-12-15(11-20(30)26(32)33-3)34-24-16-8-7-14(28)10-19(16)29-22-17-5-4-6-18(27)23(17)35-25(22)24/h4-8,10,13,15,20H,9,11-12H2,1-3H3/t15-,20+/m1/s1. The van der Waals surface area contributed by atoms with Crippen LogP contribution in [0.25, 0.3) is 33.0 Å². The summed E-state index contributed by atoms with van der Waals surface area (Å²) in [6.07, 6.45) is 0.0475. The Morgan fingerprint density at radius 2 is 2.03 bits per heavy atom. The number of aromatic nitrogens is 1. The highest BCUT2D eigenvalue weighted by atomic mass is 35.5. The van der Waals surface area contributed by atoms with Crippen LogP contribution in [-0.4, -0.2) is 47.6 Å². The molecule has 2 atom stereocenters. The molecule has 2 aromatic heterocycles. The van der Waals surface area contributed by atoms with E-state index >= 15 is 0 Å². The average Bonchev–Trinajstić information content (AvgIpc) is 3.40. The lowest BCUT2D eigenvalue weighted by Crippen LogP contribution is -2.41. The van der Waals surface area contributed by atoms with Crippen molar-refractivity contribution in [1.82, 2.24) is 9.88 Å². The second kappa shape index (κ2) is 9.00. The zero-order chi connectivity index (χ0) is 24.9.